The first-order valence-corrected chi connectivity index (χ1v) is 3.33. The summed E-state index contributed by atoms with van der Waals surface area (Å²) in [6.45, 7) is 0. The molecule has 0 radical (unpaired) electrons. The van der Waals surface area contributed by atoms with E-state index in [1.165, 1.54) is 0 Å². The summed E-state index contributed by atoms with van der Waals surface area (Å²) in [5.41, 5.74) is 0. The third kappa shape index (κ3) is 1.75. The summed E-state index contributed by atoms with van der Waals surface area (Å²) < 4.78 is 4.95. The number of methoxy groups -OCH3 is 1. The van der Waals surface area contributed by atoms with Crippen LogP contribution in [-0.2, 0) is 4.74 Å². The normalized spacial score (nSPS) is 25.6. The average molecular weight is 145 g/mol. The van der Waals surface area contributed by atoms with Crippen molar-refractivity contribution in [1.82, 2.24) is 0 Å². The highest BCUT2D eigenvalue weighted by atomic mass is 35.5. The molecule has 0 saturated carbocycles. The van der Waals surface area contributed by atoms with Gasteiger partial charge in [0.15, 0.2) is 0 Å². The molecule has 1 aliphatic rings. The number of alkyl halides is 1. The van der Waals surface area contributed by atoms with E-state index in [1.807, 2.05) is 18.2 Å². The molecular weight excluding hydrogens is 136 g/mol. The first-order valence-electron chi connectivity index (χ1n) is 2.89. The third-order valence-corrected chi connectivity index (χ3v) is 1.53. The van der Waals surface area contributed by atoms with Crippen LogP contribution < -0.4 is 0 Å². The molecule has 0 amide bonds. The van der Waals surface area contributed by atoms with Crippen LogP contribution in [-0.4, -0.2) is 12.5 Å². The lowest BCUT2D eigenvalue weighted by molar-refractivity contribution is 0.304. The lowest BCUT2D eigenvalue weighted by Gasteiger charge is -2.08. The summed E-state index contributed by atoms with van der Waals surface area (Å²) in [5.74, 6) is 0.862. The SMILES string of the molecule is COC1=CC(Cl)CC=C1. The lowest BCUT2D eigenvalue weighted by atomic mass is 10.2. The molecule has 1 unspecified atom stereocenters. The van der Waals surface area contributed by atoms with Crippen LogP contribution in [0.25, 0.3) is 0 Å². The van der Waals surface area contributed by atoms with Gasteiger partial charge in [-0.3, -0.25) is 0 Å². The van der Waals surface area contributed by atoms with Crippen molar-refractivity contribution in [1.29, 1.82) is 0 Å². The Morgan fingerprint density at radius 3 is 3.00 bits per heavy atom. The molecule has 0 aromatic heterocycles. The van der Waals surface area contributed by atoms with E-state index in [4.69, 9.17) is 16.3 Å². The van der Waals surface area contributed by atoms with Crippen molar-refractivity contribution in [2.75, 3.05) is 7.11 Å². The molecule has 0 spiro atoms. The highest BCUT2D eigenvalue weighted by Crippen LogP contribution is 2.14. The second kappa shape index (κ2) is 2.92. The fourth-order valence-corrected chi connectivity index (χ4v) is 0.979. The van der Waals surface area contributed by atoms with Crippen LogP contribution in [0.15, 0.2) is 24.0 Å². The summed E-state index contributed by atoms with van der Waals surface area (Å²) in [7, 11) is 1.64. The van der Waals surface area contributed by atoms with Crippen molar-refractivity contribution in [2.45, 2.75) is 11.8 Å². The van der Waals surface area contributed by atoms with Crippen LogP contribution in [0.5, 0.6) is 0 Å². The molecule has 1 rings (SSSR count). The predicted octanol–water partition coefficient (Wildman–Crippen LogP) is 2.08. The minimum atomic E-state index is 0.116. The number of hydrogen-bond acceptors (Lipinski definition) is 1. The summed E-state index contributed by atoms with van der Waals surface area (Å²) in [6, 6.07) is 0. The fraction of sp³-hybridized carbons (Fsp3) is 0.429. The predicted molar refractivity (Wildman–Crippen MR) is 38.5 cm³/mol. The maximum absolute atomic E-state index is 5.78. The van der Waals surface area contributed by atoms with Gasteiger partial charge in [-0.15, -0.1) is 11.6 Å². The van der Waals surface area contributed by atoms with E-state index in [9.17, 15) is 0 Å². The van der Waals surface area contributed by atoms with E-state index in [0.29, 0.717) is 0 Å². The smallest absolute Gasteiger partial charge is 0.116 e. The number of halogens is 1. The summed E-state index contributed by atoms with van der Waals surface area (Å²) in [5, 5.41) is 0.116. The van der Waals surface area contributed by atoms with Gasteiger partial charge in [-0.2, -0.15) is 0 Å². The van der Waals surface area contributed by atoms with E-state index in [2.05, 4.69) is 0 Å². The van der Waals surface area contributed by atoms with E-state index in [0.717, 1.165) is 12.2 Å². The highest BCUT2D eigenvalue weighted by molar-refractivity contribution is 6.22. The zero-order chi connectivity index (χ0) is 6.69. The zero-order valence-corrected chi connectivity index (χ0v) is 6.06. The molecule has 1 nitrogen and oxygen atoms in total. The summed E-state index contributed by atoms with van der Waals surface area (Å²) in [6.07, 6.45) is 6.76. The molecule has 0 aromatic rings. The first kappa shape index (κ1) is 6.69. The molecule has 1 aliphatic carbocycles. The third-order valence-electron chi connectivity index (χ3n) is 1.22. The van der Waals surface area contributed by atoms with Crippen LogP contribution in [0.1, 0.15) is 6.42 Å². The molecule has 0 bridgehead atoms. The molecule has 2 heteroatoms. The Morgan fingerprint density at radius 1 is 1.78 bits per heavy atom. The van der Waals surface area contributed by atoms with E-state index in [-0.39, 0.29) is 5.38 Å². The van der Waals surface area contributed by atoms with Crippen LogP contribution in [0.2, 0.25) is 0 Å². The topological polar surface area (TPSA) is 9.23 Å². The zero-order valence-electron chi connectivity index (χ0n) is 5.30. The average Bonchev–Trinajstić information content (AvgIpc) is 1.88. The van der Waals surface area contributed by atoms with Gasteiger partial charge in [-0.1, -0.05) is 6.08 Å². The molecule has 0 aromatic carbocycles. The largest absolute Gasteiger partial charge is 0.497 e. The molecule has 0 aliphatic heterocycles. The monoisotopic (exact) mass is 144 g/mol. The van der Waals surface area contributed by atoms with Gasteiger partial charge in [-0.25, -0.2) is 0 Å². The number of ether oxygens (including phenoxy) is 1. The van der Waals surface area contributed by atoms with Gasteiger partial charge in [0.05, 0.1) is 12.5 Å². The molecule has 50 valence electrons. The maximum Gasteiger partial charge on any atom is 0.116 e. The van der Waals surface area contributed by atoms with Gasteiger partial charge in [0.1, 0.15) is 5.76 Å². The molecule has 0 fully saturated rings. The van der Waals surface area contributed by atoms with Crippen LogP contribution in [0.4, 0.5) is 0 Å². The van der Waals surface area contributed by atoms with E-state index in [1.54, 1.807) is 7.11 Å². The molecule has 1 atom stereocenters. The quantitative estimate of drug-likeness (QED) is 0.512. The first-order chi connectivity index (χ1) is 4.33. The summed E-state index contributed by atoms with van der Waals surface area (Å²) >= 11 is 5.78. The second-order valence-electron chi connectivity index (χ2n) is 1.93. The Labute approximate surface area is 60.0 Å². The fourth-order valence-electron chi connectivity index (χ4n) is 0.752. The van der Waals surface area contributed by atoms with Gasteiger partial charge >= 0.3 is 0 Å². The standard InChI is InChI=1S/C7H9ClO/c1-9-7-4-2-3-6(8)5-7/h2,4-6H,3H2,1H3. The number of hydrogen-bond donors (Lipinski definition) is 0. The Hall–Kier alpha value is -0.430. The van der Waals surface area contributed by atoms with Crippen LogP contribution >= 0.6 is 11.6 Å². The van der Waals surface area contributed by atoms with Crippen molar-refractivity contribution in [3.05, 3.63) is 24.0 Å². The van der Waals surface area contributed by atoms with Crippen LogP contribution in [0.3, 0.4) is 0 Å². The Kier molecular flexibility index (Phi) is 2.17. The minimum Gasteiger partial charge on any atom is -0.497 e. The van der Waals surface area contributed by atoms with Crippen molar-refractivity contribution in [3.8, 4) is 0 Å². The number of allylic oxidation sites excluding steroid dienone is 3. The van der Waals surface area contributed by atoms with E-state index < -0.39 is 0 Å². The van der Waals surface area contributed by atoms with E-state index >= 15 is 0 Å². The Bertz CT molecular complexity index is 149. The maximum atomic E-state index is 5.78. The molecule has 0 saturated heterocycles. The minimum absolute atomic E-state index is 0.116. The number of rotatable bonds is 1. The molecular formula is C7H9ClO. The van der Waals surface area contributed by atoms with Gasteiger partial charge in [0.2, 0.25) is 0 Å². The van der Waals surface area contributed by atoms with Gasteiger partial charge in [0, 0.05) is 0 Å². The Morgan fingerprint density at radius 2 is 2.56 bits per heavy atom. The van der Waals surface area contributed by atoms with Crippen LogP contribution in [0, 0.1) is 0 Å². The van der Waals surface area contributed by atoms with Crippen molar-refractivity contribution < 1.29 is 4.74 Å². The Balaban J connectivity index is 2.59. The van der Waals surface area contributed by atoms with Crippen molar-refractivity contribution in [3.63, 3.8) is 0 Å². The highest BCUT2D eigenvalue weighted by Gasteiger charge is 2.04. The van der Waals surface area contributed by atoms with Crippen molar-refractivity contribution in [2.24, 2.45) is 0 Å². The van der Waals surface area contributed by atoms with Crippen molar-refractivity contribution >= 4 is 11.6 Å². The lowest BCUT2D eigenvalue weighted by Crippen LogP contribution is -1.98. The molecule has 0 N–H and O–H groups in total. The molecule has 9 heavy (non-hydrogen) atoms. The van der Waals surface area contributed by atoms with Gasteiger partial charge < -0.3 is 4.74 Å². The molecule has 0 heterocycles. The second-order valence-corrected chi connectivity index (χ2v) is 2.49. The van der Waals surface area contributed by atoms with Gasteiger partial charge in [-0.05, 0) is 18.6 Å². The summed E-state index contributed by atoms with van der Waals surface area (Å²) in [4.78, 5) is 0. The van der Waals surface area contributed by atoms with Gasteiger partial charge in [0.25, 0.3) is 0 Å².